The molecule has 0 aromatic carbocycles. The maximum atomic E-state index is 11.1. The van der Waals surface area contributed by atoms with Crippen molar-refractivity contribution < 1.29 is 4.79 Å². The van der Waals surface area contributed by atoms with E-state index in [9.17, 15) is 4.79 Å². The van der Waals surface area contributed by atoms with Crippen molar-refractivity contribution in [3.63, 3.8) is 0 Å². The molecule has 0 saturated heterocycles. The second-order valence-electron chi connectivity index (χ2n) is 2.20. The molecule has 0 aromatic heterocycles. The van der Waals surface area contributed by atoms with E-state index in [1.54, 1.807) is 21.0 Å². The Balaban J connectivity index is 4.22. The molecule has 3 N–H and O–H groups in total. The van der Waals surface area contributed by atoms with Gasteiger partial charge in [-0.2, -0.15) is 0 Å². The van der Waals surface area contributed by atoms with E-state index in [-0.39, 0.29) is 5.91 Å². The first kappa shape index (κ1) is 9.97. The molecule has 11 heavy (non-hydrogen) atoms. The van der Waals surface area contributed by atoms with Crippen LogP contribution in [0.4, 0.5) is 0 Å². The average molecular weight is 157 g/mol. The van der Waals surface area contributed by atoms with E-state index < -0.39 is 0 Å². The minimum Gasteiger partial charge on any atom is -0.391 e. The van der Waals surface area contributed by atoms with Crippen molar-refractivity contribution in [1.29, 1.82) is 0 Å². The van der Waals surface area contributed by atoms with Crippen molar-refractivity contribution in [2.75, 3.05) is 14.1 Å². The molecule has 64 valence electrons. The monoisotopic (exact) mass is 157 g/mol. The Hall–Kier alpha value is -1.03. The Morgan fingerprint density at radius 3 is 2.09 bits per heavy atom. The molecule has 0 aliphatic heterocycles. The van der Waals surface area contributed by atoms with Gasteiger partial charge < -0.3 is 5.32 Å². The molecule has 0 heterocycles. The molecular weight excluding hydrogens is 142 g/mol. The Kier molecular flexibility index (Phi) is 4.29. The third kappa shape index (κ3) is 3.04. The van der Waals surface area contributed by atoms with Crippen molar-refractivity contribution >= 4 is 5.91 Å². The molecule has 0 atom stereocenters. The summed E-state index contributed by atoms with van der Waals surface area (Å²) < 4.78 is 0. The van der Waals surface area contributed by atoms with E-state index in [0.717, 1.165) is 5.70 Å². The van der Waals surface area contributed by atoms with E-state index in [4.69, 9.17) is 0 Å². The maximum absolute atomic E-state index is 11.1. The Bertz CT molecular complexity index is 175. The summed E-state index contributed by atoms with van der Waals surface area (Å²) in [5, 5.41) is 2.90. The fraction of sp³-hybridized carbons (Fsp3) is 0.571. The van der Waals surface area contributed by atoms with E-state index in [2.05, 4.69) is 16.2 Å². The van der Waals surface area contributed by atoms with Crippen LogP contribution in [0.15, 0.2) is 11.3 Å². The van der Waals surface area contributed by atoms with Crippen LogP contribution in [-0.4, -0.2) is 20.0 Å². The molecule has 4 nitrogen and oxygen atoms in total. The van der Waals surface area contributed by atoms with Gasteiger partial charge in [-0.05, 0) is 13.8 Å². The fourth-order valence-electron chi connectivity index (χ4n) is 0.565. The number of allylic oxidation sites excluding steroid dienone is 1. The van der Waals surface area contributed by atoms with Crippen LogP contribution >= 0.6 is 0 Å². The van der Waals surface area contributed by atoms with E-state index >= 15 is 0 Å². The van der Waals surface area contributed by atoms with Gasteiger partial charge in [0.1, 0.15) is 0 Å². The molecule has 0 rings (SSSR count). The minimum atomic E-state index is -0.112. The zero-order valence-corrected chi connectivity index (χ0v) is 7.41. The second kappa shape index (κ2) is 4.73. The molecule has 4 heteroatoms. The van der Waals surface area contributed by atoms with E-state index in [1.807, 2.05) is 6.92 Å². The summed E-state index contributed by atoms with van der Waals surface area (Å²) in [7, 11) is 3.44. The predicted molar refractivity (Wildman–Crippen MR) is 44.6 cm³/mol. The average Bonchev–Trinajstić information content (AvgIpc) is 2.02. The number of hydrazine groups is 1. The molecule has 0 unspecified atom stereocenters. The lowest BCUT2D eigenvalue weighted by Crippen LogP contribution is -2.35. The first-order valence-corrected chi connectivity index (χ1v) is 3.45. The summed E-state index contributed by atoms with van der Waals surface area (Å²) in [5.41, 5.74) is 6.59. The molecule has 0 bridgehead atoms. The molecule has 0 aliphatic rings. The lowest BCUT2D eigenvalue weighted by molar-refractivity contribution is -0.118. The molecule has 0 spiro atoms. The largest absolute Gasteiger partial charge is 0.391 e. The topological polar surface area (TPSA) is 53.2 Å². The summed E-state index contributed by atoms with van der Waals surface area (Å²) in [6.45, 7) is 3.61. The first-order valence-electron chi connectivity index (χ1n) is 3.45. The van der Waals surface area contributed by atoms with E-state index in [0.29, 0.717) is 5.57 Å². The Morgan fingerprint density at radius 2 is 1.73 bits per heavy atom. The van der Waals surface area contributed by atoms with Gasteiger partial charge in [0.25, 0.3) is 5.91 Å². The lowest BCUT2D eigenvalue weighted by Gasteiger charge is -2.06. The zero-order valence-electron chi connectivity index (χ0n) is 7.41. The van der Waals surface area contributed by atoms with Gasteiger partial charge in [0.2, 0.25) is 0 Å². The first-order chi connectivity index (χ1) is 5.13. The molecule has 1 amide bonds. The van der Waals surface area contributed by atoms with Crippen LogP contribution in [0.25, 0.3) is 0 Å². The second-order valence-corrected chi connectivity index (χ2v) is 2.20. The van der Waals surface area contributed by atoms with Gasteiger partial charge in [0, 0.05) is 25.4 Å². The number of carbonyl (C=O) groups is 1. The third-order valence-corrected chi connectivity index (χ3v) is 1.52. The van der Waals surface area contributed by atoms with Gasteiger partial charge in [-0.3, -0.25) is 10.2 Å². The number of hydrogen-bond donors (Lipinski definition) is 3. The van der Waals surface area contributed by atoms with Gasteiger partial charge in [0.05, 0.1) is 0 Å². The van der Waals surface area contributed by atoms with Gasteiger partial charge in [-0.25, -0.2) is 5.43 Å². The van der Waals surface area contributed by atoms with Crippen LogP contribution in [-0.2, 0) is 4.79 Å². The predicted octanol–water partition coefficient (Wildman–Crippen LogP) is -0.250. The van der Waals surface area contributed by atoms with Gasteiger partial charge in [-0.1, -0.05) is 0 Å². The van der Waals surface area contributed by atoms with Crippen LogP contribution in [0.5, 0.6) is 0 Å². The SMILES string of the molecule is CNNC(=O)/C(C)=C(/C)NC. The van der Waals surface area contributed by atoms with Crippen LogP contribution in [0, 0.1) is 0 Å². The number of hydrogen-bond acceptors (Lipinski definition) is 3. The van der Waals surface area contributed by atoms with Gasteiger partial charge in [0.15, 0.2) is 0 Å². The number of nitrogens with one attached hydrogen (secondary N) is 3. The molecule has 0 aliphatic carbocycles. The summed E-state index contributed by atoms with van der Waals surface area (Å²) in [4.78, 5) is 11.1. The van der Waals surface area contributed by atoms with E-state index in [1.165, 1.54) is 0 Å². The van der Waals surface area contributed by atoms with Gasteiger partial charge in [-0.15, -0.1) is 0 Å². The Labute approximate surface area is 67.0 Å². The highest BCUT2D eigenvalue weighted by Crippen LogP contribution is 1.97. The van der Waals surface area contributed by atoms with Crippen molar-refractivity contribution in [1.82, 2.24) is 16.2 Å². The fourth-order valence-corrected chi connectivity index (χ4v) is 0.565. The van der Waals surface area contributed by atoms with Crippen LogP contribution in [0.3, 0.4) is 0 Å². The minimum absolute atomic E-state index is 0.112. The highest BCUT2D eigenvalue weighted by atomic mass is 16.2. The maximum Gasteiger partial charge on any atom is 0.262 e. The normalized spacial score (nSPS) is 12.0. The van der Waals surface area contributed by atoms with Crippen molar-refractivity contribution in [3.8, 4) is 0 Å². The van der Waals surface area contributed by atoms with Crippen molar-refractivity contribution in [2.24, 2.45) is 0 Å². The summed E-state index contributed by atoms with van der Waals surface area (Å²) in [6.07, 6.45) is 0. The summed E-state index contributed by atoms with van der Waals surface area (Å²) in [5.74, 6) is -0.112. The zero-order chi connectivity index (χ0) is 8.85. The molecular formula is C7H15N3O. The molecule has 0 fully saturated rings. The smallest absolute Gasteiger partial charge is 0.262 e. The molecule has 0 saturated carbocycles. The summed E-state index contributed by atoms with van der Waals surface area (Å²) >= 11 is 0. The quantitative estimate of drug-likeness (QED) is 0.391. The Morgan fingerprint density at radius 1 is 1.18 bits per heavy atom. The summed E-state index contributed by atoms with van der Waals surface area (Å²) in [6, 6.07) is 0. The lowest BCUT2D eigenvalue weighted by atomic mass is 10.2. The molecule has 0 radical (unpaired) electrons. The van der Waals surface area contributed by atoms with Crippen LogP contribution < -0.4 is 16.2 Å². The van der Waals surface area contributed by atoms with Crippen LogP contribution in [0.2, 0.25) is 0 Å². The van der Waals surface area contributed by atoms with Crippen molar-refractivity contribution in [3.05, 3.63) is 11.3 Å². The highest BCUT2D eigenvalue weighted by molar-refractivity contribution is 5.92. The van der Waals surface area contributed by atoms with Gasteiger partial charge >= 0.3 is 0 Å². The standard InChI is InChI=1S/C7H15N3O/c1-5(6(2)8-3)7(11)10-9-4/h8-9H,1-4H3,(H,10,11)/b6-5-. The van der Waals surface area contributed by atoms with Crippen LogP contribution in [0.1, 0.15) is 13.8 Å². The van der Waals surface area contributed by atoms with Crippen molar-refractivity contribution in [2.45, 2.75) is 13.8 Å². The molecule has 0 aromatic rings. The number of rotatable bonds is 3. The number of carbonyl (C=O) groups excluding carboxylic acids is 1. The highest BCUT2D eigenvalue weighted by Gasteiger charge is 2.04. The number of amides is 1. The third-order valence-electron chi connectivity index (χ3n) is 1.52.